The number of amides is 1. The highest BCUT2D eigenvalue weighted by molar-refractivity contribution is 14.0. The third kappa shape index (κ3) is 6.90. The van der Waals surface area contributed by atoms with Crippen molar-refractivity contribution in [1.29, 1.82) is 0 Å². The van der Waals surface area contributed by atoms with E-state index in [0.29, 0.717) is 6.04 Å². The predicted molar refractivity (Wildman–Crippen MR) is 129 cm³/mol. The van der Waals surface area contributed by atoms with Crippen molar-refractivity contribution in [1.82, 2.24) is 15.5 Å². The molecule has 1 amide bonds. The van der Waals surface area contributed by atoms with E-state index in [1.54, 1.807) is 14.2 Å². The molecule has 1 aromatic carbocycles. The van der Waals surface area contributed by atoms with Gasteiger partial charge in [0.1, 0.15) is 5.75 Å². The second-order valence-corrected chi connectivity index (χ2v) is 7.46. The van der Waals surface area contributed by atoms with Crippen LogP contribution in [0.4, 0.5) is 0 Å². The number of rotatable bonds is 5. The number of nitrogens with zero attached hydrogens (tertiary/aromatic N) is 2. The zero-order chi connectivity index (χ0) is 19.8. The van der Waals surface area contributed by atoms with Crippen LogP contribution < -0.4 is 15.4 Å². The molecule has 0 spiro atoms. The van der Waals surface area contributed by atoms with Crippen molar-refractivity contribution in [2.45, 2.75) is 44.6 Å². The molecule has 7 heteroatoms. The third-order valence-corrected chi connectivity index (χ3v) is 5.54. The summed E-state index contributed by atoms with van der Waals surface area (Å²) in [5.41, 5.74) is 2.52. The number of aliphatic imine (C=N–C) groups is 1. The molecule has 0 radical (unpaired) electrons. The molecule has 0 aromatic heterocycles. The molecule has 1 aromatic rings. The first-order valence-electron chi connectivity index (χ1n) is 10.3. The van der Waals surface area contributed by atoms with Crippen LogP contribution in [-0.4, -0.2) is 56.6 Å². The lowest BCUT2D eigenvalue weighted by Gasteiger charge is -2.30. The fraction of sp³-hybridized carbons (Fsp3) is 0.545. The Hall–Kier alpha value is -1.77. The average molecular weight is 512 g/mol. The molecule has 1 fully saturated rings. The Morgan fingerprint density at radius 3 is 2.72 bits per heavy atom. The molecule has 0 unspecified atom stereocenters. The van der Waals surface area contributed by atoms with E-state index in [4.69, 9.17) is 4.74 Å². The lowest BCUT2D eigenvalue weighted by molar-refractivity contribution is -0.120. The predicted octanol–water partition coefficient (Wildman–Crippen LogP) is 3.43. The zero-order valence-electron chi connectivity index (χ0n) is 17.4. The Morgan fingerprint density at radius 1 is 1.28 bits per heavy atom. The van der Waals surface area contributed by atoms with Gasteiger partial charge < -0.3 is 20.3 Å². The van der Waals surface area contributed by atoms with Crippen molar-refractivity contribution in [2.75, 3.05) is 33.8 Å². The lowest BCUT2D eigenvalue weighted by atomic mass is 9.95. The highest BCUT2D eigenvalue weighted by Gasteiger charge is 2.19. The standard InChI is InChI=1S/C22H32N4O2.HI/c1-23-22(24-16-21(27)25-19-8-4-3-5-9-19)26-13-11-17(12-14-26)18-7-6-10-20(15-18)28-2;/h6-7,10-11,15,19H,3-5,8-9,12-14,16H2,1-2H3,(H,23,24)(H,25,27);1H. The Labute approximate surface area is 191 Å². The number of nitrogens with one attached hydrogen (secondary N) is 2. The Kier molecular flexibility index (Phi) is 9.76. The van der Waals surface area contributed by atoms with Gasteiger partial charge >= 0.3 is 0 Å². The number of halogens is 1. The van der Waals surface area contributed by atoms with Crippen LogP contribution in [0.1, 0.15) is 44.1 Å². The van der Waals surface area contributed by atoms with E-state index in [9.17, 15) is 4.79 Å². The van der Waals surface area contributed by atoms with Gasteiger partial charge in [-0.15, -0.1) is 24.0 Å². The van der Waals surface area contributed by atoms with Crippen molar-refractivity contribution in [3.05, 3.63) is 35.9 Å². The van der Waals surface area contributed by atoms with Gasteiger partial charge in [-0.25, -0.2) is 0 Å². The molecular formula is C22H33IN4O2. The molecule has 3 rings (SSSR count). The van der Waals surface area contributed by atoms with Crippen LogP contribution in [0, 0.1) is 0 Å². The van der Waals surface area contributed by atoms with Gasteiger partial charge in [-0.2, -0.15) is 0 Å². The van der Waals surface area contributed by atoms with Crippen LogP contribution >= 0.6 is 24.0 Å². The number of hydrogen-bond acceptors (Lipinski definition) is 3. The second-order valence-electron chi connectivity index (χ2n) is 7.46. The van der Waals surface area contributed by atoms with Gasteiger partial charge in [0.25, 0.3) is 0 Å². The number of carbonyl (C=O) groups is 1. The van der Waals surface area contributed by atoms with E-state index in [1.165, 1.54) is 30.4 Å². The Morgan fingerprint density at radius 2 is 2.07 bits per heavy atom. The summed E-state index contributed by atoms with van der Waals surface area (Å²) >= 11 is 0. The van der Waals surface area contributed by atoms with Gasteiger partial charge in [-0.05, 0) is 42.5 Å². The molecule has 1 aliphatic carbocycles. The Bertz CT molecular complexity index is 729. The second kappa shape index (κ2) is 12.0. The largest absolute Gasteiger partial charge is 0.497 e. The highest BCUT2D eigenvalue weighted by atomic mass is 127. The fourth-order valence-electron chi connectivity index (χ4n) is 3.96. The maximum absolute atomic E-state index is 12.2. The molecule has 0 atom stereocenters. The van der Waals surface area contributed by atoms with Crippen molar-refractivity contribution in [3.8, 4) is 5.75 Å². The molecule has 1 aliphatic heterocycles. The average Bonchev–Trinajstić information content (AvgIpc) is 2.75. The van der Waals surface area contributed by atoms with E-state index >= 15 is 0 Å². The highest BCUT2D eigenvalue weighted by Crippen LogP contribution is 2.25. The maximum Gasteiger partial charge on any atom is 0.239 e. The van der Waals surface area contributed by atoms with Gasteiger partial charge in [0.2, 0.25) is 5.91 Å². The van der Waals surface area contributed by atoms with E-state index in [1.807, 2.05) is 12.1 Å². The molecule has 1 saturated carbocycles. The minimum absolute atomic E-state index is 0. The van der Waals surface area contributed by atoms with Crippen LogP contribution in [0.5, 0.6) is 5.75 Å². The molecule has 2 aliphatic rings. The molecule has 2 N–H and O–H groups in total. The summed E-state index contributed by atoms with van der Waals surface area (Å²) in [6.07, 6.45) is 9.09. The smallest absolute Gasteiger partial charge is 0.239 e. The van der Waals surface area contributed by atoms with Crippen molar-refractivity contribution < 1.29 is 9.53 Å². The van der Waals surface area contributed by atoms with Crippen LogP contribution in [0.15, 0.2) is 35.3 Å². The number of carbonyl (C=O) groups excluding carboxylic acids is 1. The SMILES string of the molecule is CN=C(NCC(=O)NC1CCCCC1)N1CC=C(c2cccc(OC)c2)CC1.I. The topological polar surface area (TPSA) is 66.0 Å². The quantitative estimate of drug-likeness (QED) is 0.361. The fourth-order valence-corrected chi connectivity index (χ4v) is 3.96. The van der Waals surface area contributed by atoms with E-state index < -0.39 is 0 Å². The number of methoxy groups -OCH3 is 1. The normalized spacial score (nSPS) is 17.8. The molecule has 160 valence electrons. The lowest BCUT2D eigenvalue weighted by Crippen LogP contribution is -2.48. The molecule has 0 bridgehead atoms. The summed E-state index contributed by atoms with van der Waals surface area (Å²) in [6.45, 7) is 1.91. The first kappa shape index (κ1) is 23.5. The molecule has 1 heterocycles. The number of guanidine groups is 1. The number of ether oxygens (including phenoxy) is 1. The van der Waals surface area contributed by atoms with E-state index in [2.05, 4.69) is 38.7 Å². The monoisotopic (exact) mass is 512 g/mol. The summed E-state index contributed by atoms with van der Waals surface area (Å²) in [5.74, 6) is 1.71. The summed E-state index contributed by atoms with van der Waals surface area (Å²) in [7, 11) is 3.46. The van der Waals surface area contributed by atoms with Crippen LogP contribution in [-0.2, 0) is 4.79 Å². The van der Waals surface area contributed by atoms with Gasteiger partial charge in [0, 0.05) is 26.2 Å². The van der Waals surface area contributed by atoms with Crippen molar-refractivity contribution in [3.63, 3.8) is 0 Å². The Balaban J connectivity index is 0.00000300. The first-order valence-corrected chi connectivity index (χ1v) is 10.3. The zero-order valence-corrected chi connectivity index (χ0v) is 19.8. The summed E-state index contributed by atoms with van der Waals surface area (Å²) < 4.78 is 5.33. The van der Waals surface area contributed by atoms with Gasteiger partial charge in [-0.1, -0.05) is 37.5 Å². The molecule has 29 heavy (non-hydrogen) atoms. The van der Waals surface area contributed by atoms with E-state index in [-0.39, 0.29) is 36.4 Å². The molecule has 0 saturated heterocycles. The van der Waals surface area contributed by atoms with Crippen LogP contribution in [0.3, 0.4) is 0 Å². The minimum atomic E-state index is 0. The molecule has 6 nitrogen and oxygen atoms in total. The minimum Gasteiger partial charge on any atom is -0.497 e. The van der Waals surface area contributed by atoms with Gasteiger partial charge in [-0.3, -0.25) is 9.79 Å². The summed E-state index contributed by atoms with van der Waals surface area (Å²) in [6, 6.07) is 8.51. The first-order chi connectivity index (χ1) is 13.7. The van der Waals surface area contributed by atoms with Gasteiger partial charge in [0.05, 0.1) is 13.7 Å². The summed E-state index contributed by atoms with van der Waals surface area (Å²) in [5, 5.41) is 6.36. The third-order valence-electron chi connectivity index (χ3n) is 5.54. The van der Waals surface area contributed by atoms with E-state index in [0.717, 1.165) is 44.1 Å². The van der Waals surface area contributed by atoms with Crippen LogP contribution in [0.2, 0.25) is 0 Å². The van der Waals surface area contributed by atoms with Crippen molar-refractivity contribution >= 4 is 41.4 Å². The van der Waals surface area contributed by atoms with Crippen molar-refractivity contribution in [2.24, 2.45) is 4.99 Å². The maximum atomic E-state index is 12.2. The van der Waals surface area contributed by atoms with Gasteiger partial charge in [0.15, 0.2) is 5.96 Å². The number of benzene rings is 1. The number of hydrogen-bond donors (Lipinski definition) is 2. The molecular weight excluding hydrogens is 479 g/mol. The van der Waals surface area contributed by atoms with Crippen LogP contribution in [0.25, 0.3) is 5.57 Å². The summed E-state index contributed by atoms with van der Waals surface area (Å²) in [4.78, 5) is 18.8.